The second kappa shape index (κ2) is 4.83. The van der Waals surface area contributed by atoms with Gasteiger partial charge >= 0.3 is 0 Å². The zero-order valence-electron chi connectivity index (χ0n) is 9.24. The Balaban J connectivity index is 4.14. The molecule has 0 fully saturated rings. The minimum absolute atomic E-state index is 0.0386. The summed E-state index contributed by atoms with van der Waals surface area (Å²) in [7, 11) is 1.71. The molecule has 0 spiro atoms. The lowest BCUT2D eigenvalue weighted by molar-refractivity contribution is -0.129. The van der Waals surface area contributed by atoms with E-state index in [0.29, 0.717) is 6.54 Å². The molecule has 0 bridgehead atoms. The van der Waals surface area contributed by atoms with Crippen LogP contribution in [0.3, 0.4) is 0 Å². The largest absolute Gasteiger partial charge is 0.409 e. The van der Waals surface area contributed by atoms with E-state index in [2.05, 4.69) is 5.16 Å². The standard InChI is InChI=1S/C9H19N3O2/c1-9(2,3)6-12(4)8(13)5-7(10)11-14/h14H,5-6H2,1-4H3,(H2,10,11). The third-order valence-electron chi connectivity index (χ3n) is 1.60. The van der Waals surface area contributed by atoms with Crippen molar-refractivity contribution in [1.82, 2.24) is 4.90 Å². The molecule has 14 heavy (non-hydrogen) atoms. The minimum Gasteiger partial charge on any atom is -0.409 e. The number of amides is 1. The van der Waals surface area contributed by atoms with Crippen molar-refractivity contribution >= 4 is 11.7 Å². The third-order valence-corrected chi connectivity index (χ3v) is 1.60. The predicted molar refractivity (Wildman–Crippen MR) is 55.1 cm³/mol. The SMILES string of the molecule is CN(CC(C)(C)C)C(=O)CC(N)=NO. The van der Waals surface area contributed by atoms with Crippen LogP contribution in [0.2, 0.25) is 0 Å². The van der Waals surface area contributed by atoms with E-state index in [4.69, 9.17) is 10.9 Å². The molecule has 5 heteroatoms. The fourth-order valence-electron chi connectivity index (χ4n) is 1.12. The lowest BCUT2D eigenvalue weighted by Gasteiger charge is -2.26. The molecule has 0 aromatic carbocycles. The van der Waals surface area contributed by atoms with Gasteiger partial charge in [0.05, 0.1) is 6.42 Å². The molecule has 1 amide bonds. The molecule has 0 aliphatic rings. The molecule has 0 heterocycles. The highest BCUT2D eigenvalue weighted by Gasteiger charge is 2.18. The Morgan fingerprint density at radius 1 is 1.50 bits per heavy atom. The highest BCUT2D eigenvalue weighted by molar-refractivity contribution is 5.98. The Morgan fingerprint density at radius 3 is 2.36 bits per heavy atom. The van der Waals surface area contributed by atoms with Crippen LogP contribution in [0.4, 0.5) is 0 Å². The second-order valence-corrected chi connectivity index (χ2v) is 4.58. The Bertz CT molecular complexity index is 231. The zero-order chi connectivity index (χ0) is 11.4. The smallest absolute Gasteiger partial charge is 0.230 e. The average molecular weight is 201 g/mol. The monoisotopic (exact) mass is 201 g/mol. The number of carbonyl (C=O) groups excluding carboxylic acids is 1. The Labute approximate surface area is 84.6 Å². The maximum Gasteiger partial charge on any atom is 0.230 e. The summed E-state index contributed by atoms with van der Waals surface area (Å²) >= 11 is 0. The van der Waals surface area contributed by atoms with Crippen molar-refractivity contribution < 1.29 is 10.0 Å². The van der Waals surface area contributed by atoms with Crippen molar-refractivity contribution in [3.05, 3.63) is 0 Å². The summed E-state index contributed by atoms with van der Waals surface area (Å²) in [6, 6.07) is 0. The fourth-order valence-corrected chi connectivity index (χ4v) is 1.12. The van der Waals surface area contributed by atoms with Crippen LogP contribution in [0.25, 0.3) is 0 Å². The first-order chi connectivity index (χ1) is 6.26. The van der Waals surface area contributed by atoms with Gasteiger partial charge in [-0.2, -0.15) is 0 Å². The van der Waals surface area contributed by atoms with Crippen LogP contribution < -0.4 is 5.73 Å². The van der Waals surface area contributed by atoms with Gasteiger partial charge in [-0.3, -0.25) is 4.79 Å². The van der Waals surface area contributed by atoms with E-state index in [1.165, 1.54) is 0 Å². The van der Waals surface area contributed by atoms with Gasteiger partial charge in [0.2, 0.25) is 5.91 Å². The first-order valence-corrected chi connectivity index (χ1v) is 4.46. The lowest BCUT2D eigenvalue weighted by atomic mass is 9.96. The van der Waals surface area contributed by atoms with Crippen molar-refractivity contribution in [2.24, 2.45) is 16.3 Å². The molecule has 0 aliphatic carbocycles. The maximum absolute atomic E-state index is 11.4. The van der Waals surface area contributed by atoms with E-state index in [-0.39, 0.29) is 23.6 Å². The Kier molecular flexibility index (Phi) is 4.40. The van der Waals surface area contributed by atoms with Crippen molar-refractivity contribution in [2.45, 2.75) is 27.2 Å². The summed E-state index contributed by atoms with van der Waals surface area (Å²) in [6.45, 7) is 6.77. The molecule has 3 N–H and O–H groups in total. The van der Waals surface area contributed by atoms with Gasteiger partial charge in [0.1, 0.15) is 5.84 Å². The number of amidine groups is 1. The summed E-state index contributed by atoms with van der Waals surface area (Å²) in [6.07, 6.45) is -0.0386. The molecule has 0 radical (unpaired) electrons. The van der Waals surface area contributed by atoms with E-state index in [9.17, 15) is 4.79 Å². The molecule has 5 nitrogen and oxygen atoms in total. The molecule has 0 aromatic heterocycles. The van der Waals surface area contributed by atoms with Gasteiger partial charge in [-0.25, -0.2) is 0 Å². The van der Waals surface area contributed by atoms with E-state index < -0.39 is 0 Å². The van der Waals surface area contributed by atoms with Crippen LogP contribution in [0.5, 0.6) is 0 Å². The number of nitrogens with two attached hydrogens (primary N) is 1. The van der Waals surface area contributed by atoms with Gasteiger partial charge < -0.3 is 15.8 Å². The van der Waals surface area contributed by atoms with Gasteiger partial charge in [-0.1, -0.05) is 25.9 Å². The molecule has 0 aromatic rings. The van der Waals surface area contributed by atoms with Gasteiger partial charge in [-0.05, 0) is 5.41 Å². The lowest BCUT2D eigenvalue weighted by Crippen LogP contribution is -2.36. The van der Waals surface area contributed by atoms with Gasteiger partial charge in [0, 0.05) is 13.6 Å². The van der Waals surface area contributed by atoms with Crippen molar-refractivity contribution in [2.75, 3.05) is 13.6 Å². The van der Waals surface area contributed by atoms with Crippen LogP contribution in [-0.2, 0) is 4.79 Å². The molecule has 0 saturated carbocycles. The zero-order valence-corrected chi connectivity index (χ0v) is 9.24. The summed E-state index contributed by atoms with van der Waals surface area (Å²) < 4.78 is 0. The van der Waals surface area contributed by atoms with Crippen molar-refractivity contribution in [1.29, 1.82) is 0 Å². The molecular formula is C9H19N3O2. The quantitative estimate of drug-likeness (QED) is 0.304. The van der Waals surface area contributed by atoms with Gasteiger partial charge in [-0.15, -0.1) is 0 Å². The molecule has 82 valence electrons. The molecule has 0 atom stereocenters. The summed E-state index contributed by atoms with van der Waals surface area (Å²) in [4.78, 5) is 13.0. The van der Waals surface area contributed by atoms with Crippen LogP contribution in [0, 0.1) is 5.41 Å². The van der Waals surface area contributed by atoms with Crippen LogP contribution in [0.1, 0.15) is 27.2 Å². The number of hydrogen-bond donors (Lipinski definition) is 2. The summed E-state index contributed by atoms with van der Waals surface area (Å²) in [5.74, 6) is -0.203. The first kappa shape index (κ1) is 12.7. The predicted octanol–water partition coefficient (Wildman–Crippen LogP) is 0.627. The van der Waals surface area contributed by atoms with Crippen LogP contribution in [0.15, 0.2) is 5.16 Å². The molecular weight excluding hydrogens is 182 g/mol. The fraction of sp³-hybridized carbons (Fsp3) is 0.778. The molecule has 0 rings (SSSR count). The normalized spacial score (nSPS) is 12.7. The number of carbonyl (C=O) groups is 1. The minimum atomic E-state index is -0.143. The van der Waals surface area contributed by atoms with Gasteiger partial charge in [0.25, 0.3) is 0 Å². The van der Waals surface area contributed by atoms with Crippen LogP contribution in [-0.4, -0.2) is 35.4 Å². The van der Waals surface area contributed by atoms with Crippen molar-refractivity contribution in [3.63, 3.8) is 0 Å². The van der Waals surface area contributed by atoms with E-state index >= 15 is 0 Å². The van der Waals surface area contributed by atoms with E-state index in [1.54, 1.807) is 11.9 Å². The van der Waals surface area contributed by atoms with Gasteiger partial charge in [0.15, 0.2) is 0 Å². The first-order valence-electron chi connectivity index (χ1n) is 4.46. The molecule has 0 unspecified atom stereocenters. The molecule has 0 saturated heterocycles. The number of nitrogens with zero attached hydrogens (tertiary/aromatic N) is 2. The number of rotatable bonds is 3. The average Bonchev–Trinajstić information content (AvgIpc) is 2.00. The van der Waals surface area contributed by atoms with E-state index in [1.807, 2.05) is 20.8 Å². The second-order valence-electron chi connectivity index (χ2n) is 4.58. The number of hydrogen-bond acceptors (Lipinski definition) is 3. The highest BCUT2D eigenvalue weighted by atomic mass is 16.4. The van der Waals surface area contributed by atoms with E-state index in [0.717, 1.165) is 0 Å². The highest BCUT2D eigenvalue weighted by Crippen LogP contribution is 2.14. The Hall–Kier alpha value is -1.26. The summed E-state index contributed by atoms with van der Waals surface area (Å²) in [5.41, 5.74) is 5.28. The topological polar surface area (TPSA) is 78.9 Å². The summed E-state index contributed by atoms with van der Waals surface area (Å²) in [5, 5.41) is 11.0. The van der Waals surface area contributed by atoms with Crippen LogP contribution >= 0.6 is 0 Å². The molecule has 0 aliphatic heterocycles. The maximum atomic E-state index is 11.4. The van der Waals surface area contributed by atoms with Crippen molar-refractivity contribution in [3.8, 4) is 0 Å². The Morgan fingerprint density at radius 2 is 2.00 bits per heavy atom. The number of oxime groups is 1. The third kappa shape index (κ3) is 5.40.